The first-order chi connectivity index (χ1) is 11.2. The van der Waals surface area contributed by atoms with Gasteiger partial charge in [0.1, 0.15) is 0 Å². The van der Waals surface area contributed by atoms with E-state index in [4.69, 9.17) is 0 Å². The highest BCUT2D eigenvalue weighted by molar-refractivity contribution is 5.78. The molecule has 1 heteroatoms. The molecule has 23 heavy (non-hydrogen) atoms. The summed E-state index contributed by atoms with van der Waals surface area (Å²) in [5.74, 6) is 0.531. The van der Waals surface area contributed by atoms with Crippen LogP contribution >= 0.6 is 0 Å². The minimum absolute atomic E-state index is 0.473. The summed E-state index contributed by atoms with van der Waals surface area (Å²) in [6.45, 7) is 6.96. The largest absolute Gasteiger partial charge is 0.213 e. The number of aryl methyl sites for hydroxylation is 1. The highest BCUT2D eigenvalue weighted by atomic mass is 15.0. The van der Waals surface area contributed by atoms with Crippen LogP contribution < -0.4 is 4.57 Å². The zero-order valence-electron chi connectivity index (χ0n) is 14.2. The normalized spacial score (nSPS) is 19.4. The Balaban J connectivity index is 2.02. The summed E-state index contributed by atoms with van der Waals surface area (Å²) in [4.78, 5) is 0. The van der Waals surface area contributed by atoms with Crippen molar-refractivity contribution < 1.29 is 4.57 Å². The molecule has 116 valence electrons. The molecule has 3 aromatic rings. The number of fused-ring (bicyclic) bond motifs is 5. The maximum absolute atomic E-state index is 2.54. The number of benzene rings is 2. The lowest BCUT2D eigenvalue weighted by Crippen LogP contribution is -2.46. The lowest BCUT2D eigenvalue weighted by Gasteiger charge is -2.27. The highest BCUT2D eigenvalue weighted by Gasteiger charge is 2.35. The molecule has 0 saturated carbocycles. The van der Waals surface area contributed by atoms with Crippen LogP contribution in [0.3, 0.4) is 0 Å². The number of hydrogen-bond donors (Lipinski definition) is 0. The summed E-state index contributed by atoms with van der Waals surface area (Å²) in [5, 5.41) is 1.32. The van der Waals surface area contributed by atoms with Crippen molar-refractivity contribution in [3.8, 4) is 11.3 Å². The van der Waals surface area contributed by atoms with Gasteiger partial charge in [-0.1, -0.05) is 44.5 Å². The van der Waals surface area contributed by atoms with Crippen molar-refractivity contribution in [1.29, 1.82) is 0 Å². The molecular formula is C22H24N+. The van der Waals surface area contributed by atoms with Gasteiger partial charge >= 0.3 is 0 Å². The molecule has 2 heterocycles. The Morgan fingerprint density at radius 3 is 2.61 bits per heavy atom. The average molecular weight is 302 g/mol. The molecule has 1 aliphatic heterocycles. The lowest BCUT2D eigenvalue weighted by atomic mass is 9.83. The van der Waals surface area contributed by atoms with E-state index in [9.17, 15) is 0 Å². The fourth-order valence-electron chi connectivity index (χ4n) is 4.03. The van der Waals surface area contributed by atoms with Crippen molar-refractivity contribution in [1.82, 2.24) is 0 Å². The molecule has 0 N–H and O–H groups in total. The number of hydrogen-bond acceptors (Lipinski definition) is 0. The second-order valence-corrected chi connectivity index (χ2v) is 6.85. The van der Waals surface area contributed by atoms with Gasteiger partial charge in [0.15, 0.2) is 6.04 Å². The van der Waals surface area contributed by atoms with E-state index in [0.29, 0.717) is 12.0 Å². The van der Waals surface area contributed by atoms with Gasteiger partial charge in [-0.05, 0) is 42.7 Å². The molecule has 0 spiro atoms. The standard InChI is InChI=1S/C22H24N/c1-4-7-17-10-12-19-15(2)16(3)23-21-9-6-5-8-18(21)11-13-22(23)20(19)14-17/h5-6,8-16H,4,7H2,1-3H3/q+1. The molecule has 2 aromatic carbocycles. The Hall–Kier alpha value is -2.15. The molecular weight excluding hydrogens is 278 g/mol. The van der Waals surface area contributed by atoms with E-state index < -0.39 is 0 Å². The highest BCUT2D eigenvalue weighted by Crippen LogP contribution is 2.39. The van der Waals surface area contributed by atoms with E-state index in [1.165, 1.54) is 39.7 Å². The molecule has 0 bridgehead atoms. The van der Waals surface area contributed by atoms with Gasteiger partial charge in [-0.3, -0.25) is 0 Å². The van der Waals surface area contributed by atoms with Crippen LogP contribution in [0.1, 0.15) is 50.3 Å². The number of para-hydroxylation sites is 1. The quantitative estimate of drug-likeness (QED) is 0.556. The Kier molecular flexibility index (Phi) is 3.45. The summed E-state index contributed by atoms with van der Waals surface area (Å²) >= 11 is 0. The first kappa shape index (κ1) is 14.4. The van der Waals surface area contributed by atoms with Crippen LogP contribution in [0.25, 0.3) is 22.2 Å². The zero-order valence-corrected chi connectivity index (χ0v) is 14.2. The SMILES string of the molecule is CCCc1ccc2c(c1)-c1ccc3ccccc3[n+]1C(C)C2C. The number of pyridine rings is 1. The summed E-state index contributed by atoms with van der Waals surface area (Å²) < 4.78 is 2.54. The van der Waals surface area contributed by atoms with E-state index in [1.54, 1.807) is 0 Å². The molecule has 0 aliphatic carbocycles. The Bertz CT molecular complexity index is 878. The maximum atomic E-state index is 2.54. The number of rotatable bonds is 2. The van der Waals surface area contributed by atoms with Gasteiger partial charge in [0.05, 0.1) is 5.56 Å². The third kappa shape index (κ3) is 2.18. The zero-order chi connectivity index (χ0) is 16.0. The van der Waals surface area contributed by atoms with Crippen LogP contribution in [0, 0.1) is 0 Å². The van der Waals surface area contributed by atoms with Gasteiger partial charge in [-0.15, -0.1) is 0 Å². The molecule has 0 radical (unpaired) electrons. The summed E-state index contributed by atoms with van der Waals surface area (Å²) in [5.41, 5.74) is 7.07. The first-order valence-corrected chi connectivity index (χ1v) is 8.77. The van der Waals surface area contributed by atoms with Gasteiger partial charge in [0.25, 0.3) is 0 Å². The second kappa shape index (κ2) is 5.49. The monoisotopic (exact) mass is 302 g/mol. The van der Waals surface area contributed by atoms with Crippen LogP contribution in [0.15, 0.2) is 54.6 Å². The smallest absolute Gasteiger partial charge is 0.188 e. The molecule has 1 aromatic heterocycles. The minimum Gasteiger partial charge on any atom is -0.188 e. The lowest BCUT2D eigenvalue weighted by molar-refractivity contribution is -0.689. The van der Waals surface area contributed by atoms with E-state index in [2.05, 4.69) is 79.9 Å². The fraction of sp³-hybridized carbons (Fsp3) is 0.318. The van der Waals surface area contributed by atoms with Gasteiger partial charge in [0.2, 0.25) is 11.2 Å². The summed E-state index contributed by atoms with van der Waals surface area (Å²) in [6, 6.07) is 20.9. The van der Waals surface area contributed by atoms with E-state index in [1.807, 2.05) is 0 Å². The predicted molar refractivity (Wildman–Crippen MR) is 96.7 cm³/mol. The van der Waals surface area contributed by atoms with Crippen LogP contribution in [-0.4, -0.2) is 0 Å². The molecule has 1 aliphatic rings. The topological polar surface area (TPSA) is 3.88 Å². The third-order valence-electron chi connectivity index (χ3n) is 5.43. The maximum Gasteiger partial charge on any atom is 0.213 e. The molecule has 1 nitrogen and oxygen atoms in total. The van der Waals surface area contributed by atoms with Gasteiger partial charge in [-0.2, -0.15) is 4.57 Å². The number of nitrogens with zero attached hydrogens (tertiary/aromatic N) is 1. The van der Waals surface area contributed by atoms with Crippen molar-refractivity contribution in [2.45, 2.75) is 45.6 Å². The molecule has 0 amide bonds. The van der Waals surface area contributed by atoms with Crippen LogP contribution in [-0.2, 0) is 6.42 Å². The van der Waals surface area contributed by atoms with Crippen LogP contribution in [0.2, 0.25) is 0 Å². The van der Waals surface area contributed by atoms with Crippen molar-refractivity contribution in [3.63, 3.8) is 0 Å². The summed E-state index contributed by atoms with van der Waals surface area (Å²) in [6.07, 6.45) is 2.35. The van der Waals surface area contributed by atoms with Crippen molar-refractivity contribution in [2.24, 2.45) is 0 Å². The van der Waals surface area contributed by atoms with Gasteiger partial charge < -0.3 is 0 Å². The second-order valence-electron chi connectivity index (χ2n) is 6.85. The first-order valence-electron chi connectivity index (χ1n) is 8.77. The Morgan fingerprint density at radius 2 is 1.78 bits per heavy atom. The fourth-order valence-corrected chi connectivity index (χ4v) is 4.03. The van der Waals surface area contributed by atoms with Crippen LogP contribution in [0.4, 0.5) is 0 Å². The number of aromatic nitrogens is 1. The van der Waals surface area contributed by atoms with Gasteiger partial charge in [-0.25, -0.2) is 0 Å². The summed E-state index contributed by atoms with van der Waals surface area (Å²) in [7, 11) is 0. The third-order valence-corrected chi connectivity index (χ3v) is 5.43. The Morgan fingerprint density at radius 1 is 0.957 bits per heavy atom. The molecule has 2 unspecified atom stereocenters. The van der Waals surface area contributed by atoms with E-state index in [-0.39, 0.29) is 0 Å². The van der Waals surface area contributed by atoms with Crippen molar-refractivity contribution >= 4 is 10.9 Å². The van der Waals surface area contributed by atoms with Crippen molar-refractivity contribution in [2.75, 3.05) is 0 Å². The van der Waals surface area contributed by atoms with Gasteiger partial charge in [0, 0.05) is 23.4 Å². The Labute approximate surface area is 138 Å². The van der Waals surface area contributed by atoms with Crippen LogP contribution in [0.5, 0.6) is 0 Å². The average Bonchev–Trinajstić information content (AvgIpc) is 2.59. The van der Waals surface area contributed by atoms with E-state index in [0.717, 1.165) is 6.42 Å². The molecule has 0 saturated heterocycles. The van der Waals surface area contributed by atoms with Crippen molar-refractivity contribution in [3.05, 3.63) is 65.7 Å². The van der Waals surface area contributed by atoms with E-state index >= 15 is 0 Å². The molecule has 0 fully saturated rings. The molecule has 2 atom stereocenters. The predicted octanol–water partition coefficient (Wildman–Crippen LogP) is 5.42. The minimum atomic E-state index is 0.473. The molecule has 4 rings (SSSR count).